The topological polar surface area (TPSA) is 12.9 Å². The van der Waals surface area contributed by atoms with Crippen molar-refractivity contribution >= 4 is 0 Å². The van der Waals surface area contributed by atoms with Crippen LogP contribution in [0.4, 0.5) is 0 Å². The van der Waals surface area contributed by atoms with E-state index in [0.29, 0.717) is 0 Å². The van der Waals surface area contributed by atoms with Crippen molar-refractivity contribution in [2.75, 3.05) is 0 Å². The smallest absolute Gasteiger partial charge is 0.369 e. The maximum absolute atomic E-state index is 4.11. The second-order valence-corrected chi connectivity index (χ2v) is 2.91. The Balaban J connectivity index is 0.000000980. The molecule has 0 spiro atoms. The number of hydrogen-bond donors (Lipinski definition) is 0. The van der Waals surface area contributed by atoms with E-state index in [4.69, 9.17) is 0 Å². The van der Waals surface area contributed by atoms with E-state index in [0.717, 1.165) is 16.7 Å². The predicted octanol–water partition coefficient (Wildman–Crippen LogP) is 3.11. The minimum atomic E-state index is 0. The van der Waals surface area contributed by atoms with Crippen LogP contribution in [0.5, 0.6) is 0 Å². The van der Waals surface area contributed by atoms with E-state index in [1.807, 2.05) is 31.2 Å². The minimum absolute atomic E-state index is 0. The summed E-state index contributed by atoms with van der Waals surface area (Å²) in [4.78, 5) is 4.11. The summed E-state index contributed by atoms with van der Waals surface area (Å²) in [5.41, 5.74) is 3.09. The van der Waals surface area contributed by atoms with Gasteiger partial charge in [-0.3, -0.25) is 0 Å². The first-order valence-corrected chi connectivity index (χ1v) is 4.17. The molecule has 2 aromatic rings. The Morgan fingerprint density at radius 2 is 1.93 bits per heavy atom. The van der Waals surface area contributed by atoms with Crippen LogP contribution in [0.15, 0.2) is 36.7 Å². The first-order chi connectivity index (χ1) is 6.36. The molecule has 1 heterocycles. The fourth-order valence-corrected chi connectivity index (χ4v) is 1.20. The number of rotatable bonds is 1. The number of pyridine rings is 1. The molecule has 1 aromatic carbocycles. The van der Waals surface area contributed by atoms with Gasteiger partial charge < -0.3 is 12.4 Å². The van der Waals surface area contributed by atoms with Gasteiger partial charge in [-0.15, -0.1) is 11.6 Å². The molecule has 1 aromatic heterocycles. The molecule has 0 radical (unpaired) electrons. The molecule has 0 fully saturated rings. The van der Waals surface area contributed by atoms with Crippen molar-refractivity contribution in [2.24, 2.45) is 0 Å². The van der Waals surface area contributed by atoms with Crippen molar-refractivity contribution in [2.45, 2.75) is 6.92 Å². The van der Waals surface area contributed by atoms with Gasteiger partial charge >= 0.3 is 32.7 Å². The summed E-state index contributed by atoms with van der Waals surface area (Å²) >= 11 is 0. The molecule has 2 heteroatoms. The molecule has 0 aliphatic carbocycles. The fraction of sp³-hybridized carbons (Fsp3) is 0.0769. The Kier molecular flexibility index (Phi) is 6.63. The SMILES string of the molecule is Cc1[c-]c(-c2[c-]cccc2)cnc1.[CH3-].[Y+3]. The molecule has 15 heavy (non-hydrogen) atoms. The van der Waals surface area contributed by atoms with Gasteiger partial charge in [0.05, 0.1) is 0 Å². The number of aromatic nitrogens is 1. The summed E-state index contributed by atoms with van der Waals surface area (Å²) in [7, 11) is 0. The van der Waals surface area contributed by atoms with Gasteiger partial charge in [0.1, 0.15) is 0 Å². The third-order valence-corrected chi connectivity index (χ3v) is 1.80. The predicted molar refractivity (Wildman–Crippen MR) is 58.5 cm³/mol. The van der Waals surface area contributed by atoms with Gasteiger partial charge in [-0.2, -0.15) is 30.3 Å². The maximum Gasteiger partial charge on any atom is 3.00 e. The van der Waals surface area contributed by atoms with Gasteiger partial charge in [-0.05, 0) is 0 Å². The van der Waals surface area contributed by atoms with Gasteiger partial charge in [-0.1, -0.05) is 19.3 Å². The summed E-state index contributed by atoms with van der Waals surface area (Å²) < 4.78 is 0. The van der Waals surface area contributed by atoms with Crippen LogP contribution in [0, 0.1) is 26.5 Å². The zero-order chi connectivity index (χ0) is 9.10. The second-order valence-electron chi connectivity index (χ2n) is 2.91. The molecule has 0 unspecified atom stereocenters. The van der Waals surface area contributed by atoms with E-state index in [1.165, 1.54) is 0 Å². The third kappa shape index (κ3) is 3.85. The Morgan fingerprint density at radius 1 is 1.13 bits per heavy atom. The maximum atomic E-state index is 4.11. The largest absolute Gasteiger partial charge is 3.00 e. The average molecular weight is 271 g/mol. The molecule has 72 valence electrons. The van der Waals surface area contributed by atoms with E-state index in [2.05, 4.69) is 17.1 Å². The Morgan fingerprint density at radius 3 is 2.53 bits per heavy atom. The first kappa shape index (κ1) is 14.5. The number of hydrogen-bond acceptors (Lipinski definition) is 1. The van der Waals surface area contributed by atoms with Crippen molar-refractivity contribution in [3.05, 3.63) is 61.8 Å². The van der Waals surface area contributed by atoms with E-state index in [9.17, 15) is 0 Å². The molecule has 0 N–H and O–H groups in total. The summed E-state index contributed by atoms with van der Waals surface area (Å²) in [6.07, 6.45) is 3.60. The standard InChI is InChI=1S/C12H9N.CH3.Y/c1-10-7-12(9-13-8-10)11-5-3-2-4-6-11;;/h2-5,8-9H,1H3;1H3;/q-2;-1;+3. The van der Waals surface area contributed by atoms with Gasteiger partial charge in [0, 0.05) is 0 Å². The normalized spacial score (nSPS) is 8.60. The van der Waals surface area contributed by atoms with Gasteiger partial charge in [0.25, 0.3) is 0 Å². The monoisotopic (exact) mass is 271 g/mol. The second kappa shape index (κ2) is 6.87. The first-order valence-electron chi connectivity index (χ1n) is 4.17. The fourth-order valence-electron chi connectivity index (χ4n) is 1.20. The van der Waals surface area contributed by atoms with Crippen molar-refractivity contribution in [1.82, 2.24) is 4.98 Å². The molecule has 2 rings (SSSR count). The van der Waals surface area contributed by atoms with Crippen molar-refractivity contribution in [1.29, 1.82) is 0 Å². The van der Waals surface area contributed by atoms with Crippen LogP contribution in [0.25, 0.3) is 11.1 Å². The Bertz CT molecular complexity index is 398. The molecule has 0 aliphatic heterocycles. The minimum Gasteiger partial charge on any atom is -0.369 e. The molecule has 0 bridgehead atoms. The van der Waals surface area contributed by atoms with Crippen molar-refractivity contribution in [3.63, 3.8) is 0 Å². The van der Waals surface area contributed by atoms with Crippen molar-refractivity contribution < 1.29 is 32.7 Å². The quantitative estimate of drug-likeness (QED) is 0.726. The summed E-state index contributed by atoms with van der Waals surface area (Å²) in [6, 6.07) is 14.2. The number of benzene rings is 1. The van der Waals surface area contributed by atoms with Gasteiger partial charge in [0.2, 0.25) is 0 Å². The summed E-state index contributed by atoms with van der Waals surface area (Å²) in [6.45, 7) is 1.99. The molecule has 0 saturated carbocycles. The van der Waals surface area contributed by atoms with Crippen LogP contribution in [-0.2, 0) is 32.7 Å². The Hall–Kier alpha value is -0.526. The van der Waals surface area contributed by atoms with Gasteiger partial charge in [0.15, 0.2) is 0 Å². The van der Waals surface area contributed by atoms with Crippen molar-refractivity contribution in [3.8, 4) is 11.1 Å². The number of aryl methyl sites for hydroxylation is 1. The van der Waals surface area contributed by atoms with Crippen LogP contribution in [-0.4, -0.2) is 4.98 Å². The van der Waals surface area contributed by atoms with E-state index in [1.54, 1.807) is 12.4 Å². The van der Waals surface area contributed by atoms with Crippen LogP contribution < -0.4 is 0 Å². The van der Waals surface area contributed by atoms with Crippen LogP contribution >= 0.6 is 0 Å². The molecule has 0 amide bonds. The zero-order valence-electron chi connectivity index (χ0n) is 8.99. The molecule has 0 saturated heterocycles. The summed E-state index contributed by atoms with van der Waals surface area (Å²) in [5.74, 6) is 0. The number of nitrogens with zero attached hydrogens (tertiary/aromatic N) is 1. The van der Waals surface area contributed by atoms with Crippen LogP contribution in [0.3, 0.4) is 0 Å². The van der Waals surface area contributed by atoms with Crippen LogP contribution in [0.1, 0.15) is 5.56 Å². The summed E-state index contributed by atoms with van der Waals surface area (Å²) in [5, 5.41) is 0. The van der Waals surface area contributed by atoms with Crippen LogP contribution in [0.2, 0.25) is 0 Å². The van der Waals surface area contributed by atoms with Gasteiger partial charge in [-0.25, -0.2) is 11.1 Å². The molecule has 0 aliphatic rings. The average Bonchev–Trinajstić information content (AvgIpc) is 2.19. The van der Waals surface area contributed by atoms with E-state index < -0.39 is 0 Å². The molecule has 0 atom stereocenters. The van der Waals surface area contributed by atoms with E-state index in [-0.39, 0.29) is 40.1 Å². The molecular formula is C13H12NY. The molecular weight excluding hydrogens is 259 g/mol. The molecule has 1 nitrogen and oxygen atoms in total. The zero-order valence-corrected chi connectivity index (χ0v) is 11.8. The van der Waals surface area contributed by atoms with E-state index >= 15 is 0 Å². The third-order valence-electron chi connectivity index (χ3n) is 1.80. The Labute approximate surface area is 117 Å².